The number of pyridine rings is 1. The number of ether oxygens (including phenoxy) is 1. The SMILES string of the molecule is COc1ccccc1C(=O)Nc1ccc(Nc2cccc(Cl)c2C)cn1. The van der Waals surface area contributed by atoms with Gasteiger partial charge in [0.1, 0.15) is 11.6 Å². The number of amides is 1. The van der Waals surface area contributed by atoms with E-state index in [-0.39, 0.29) is 5.91 Å². The largest absolute Gasteiger partial charge is 0.496 e. The van der Waals surface area contributed by atoms with E-state index in [9.17, 15) is 4.79 Å². The molecule has 0 aliphatic heterocycles. The first kappa shape index (κ1) is 17.8. The van der Waals surface area contributed by atoms with Crippen molar-refractivity contribution in [2.75, 3.05) is 17.7 Å². The highest BCUT2D eigenvalue weighted by atomic mass is 35.5. The summed E-state index contributed by atoms with van der Waals surface area (Å²) in [6, 6.07) is 16.3. The lowest BCUT2D eigenvalue weighted by Gasteiger charge is -2.11. The summed E-state index contributed by atoms with van der Waals surface area (Å²) in [6.07, 6.45) is 1.65. The second kappa shape index (κ2) is 7.89. The summed E-state index contributed by atoms with van der Waals surface area (Å²) in [4.78, 5) is 16.7. The van der Waals surface area contributed by atoms with Crippen LogP contribution >= 0.6 is 11.6 Å². The molecule has 2 N–H and O–H groups in total. The zero-order valence-electron chi connectivity index (χ0n) is 14.4. The molecule has 6 heteroatoms. The number of nitrogens with zero attached hydrogens (tertiary/aromatic N) is 1. The highest BCUT2D eigenvalue weighted by Crippen LogP contribution is 2.26. The van der Waals surface area contributed by atoms with Crippen LogP contribution < -0.4 is 15.4 Å². The summed E-state index contributed by atoms with van der Waals surface area (Å²) >= 11 is 6.13. The molecular formula is C20H18ClN3O2. The van der Waals surface area contributed by atoms with Crippen molar-refractivity contribution in [2.24, 2.45) is 0 Å². The fraction of sp³-hybridized carbons (Fsp3) is 0.100. The Morgan fingerprint density at radius 2 is 1.88 bits per heavy atom. The van der Waals surface area contributed by atoms with Crippen LogP contribution in [0.2, 0.25) is 5.02 Å². The Labute approximate surface area is 157 Å². The Hall–Kier alpha value is -3.05. The van der Waals surface area contributed by atoms with E-state index in [1.807, 2.05) is 37.3 Å². The van der Waals surface area contributed by atoms with Gasteiger partial charge in [0.05, 0.1) is 24.6 Å². The highest BCUT2D eigenvalue weighted by molar-refractivity contribution is 6.31. The van der Waals surface area contributed by atoms with Crippen molar-refractivity contribution in [3.63, 3.8) is 0 Å². The van der Waals surface area contributed by atoms with E-state index >= 15 is 0 Å². The number of hydrogen-bond donors (Lipinski definition) is 2. The van der Waals surface area contributed by atoms with E-state index in [2.05, 4.69) is 15.6 Å². The molecule has 2 aromatic carbocycles. The molecule has 0 aliphatic carbocycles. The Morgan fingerprint density at radius 3 is 2.62 bits per heavy atom. The molecule has 0 saturated carbocycles. The minimum Gasteiger partial charge on any atom is -0.496 e. The third-order valence-corrected chi connectivity index (χ3v) is 4.31. The maximum Gasteiger partial charge on any atom is 0.260 e. The lowest BCUT2D eigenvalue weighted by atomic mass is 10.2. The van der Waals surface area contributed by atoms with E-state index in [1.54, 1.807) is 30.5 Å². The van der Waals surface area contributed by atoms with Crippen LogP contribution in [0.15, 0.2) is 60.8 Å². The molecule has 1 heterocycles. The van der Waals surface area contributed by atoms with Crippen molar-refractivity contribution in [1.29, 1.82) is 0 Å². The minimum atomic E-state index is -0.277. The van der Waals surface area contributed by atoms with Gasteiger partial charge in [0, 0.05) is 10.7 Å². The molecule has 3 aromatic rings. The molecule has 0 radical (unpaired) electrons. The normalized spacial score (nSPS) is 10.3. The molecule has 0 unspecified atom stereocenters. The Kier molecular flexibility index (Phi) is 5.39. The van der Waals surface area contributed by atoms with Crippen molar-refractivity contribution >= 4 is 34.7 Å². The van der Waals surface area contributed by atoms with E-state index in [0.29, 0.717) is 22.2 Å². The standard InChI is InChI=1S/C20H18ClN3O2/c1-13-16(21)7-5-8-17(13)23-14-10-11-19(22-12-14)24-20(25)15-6-3-4-9-18(15)26-2/h3-12,23H,1-2H3,(H,22,24,25). The van der Waals surface area contributed by atoms with Crippen LogP contribution in [0, 0.1) is 6.92 Å². The highest BCUT2D eigenvalue weighted by Gasteiger charge is 2.12. The lowest BCUT2D eigenvalue weighted by molar-refractivity contribution is 0.102. The quantitative estimate of drug-likeness (QED) is 0.662. The van der Waals surface area contributed by atoms with Gasteiger partial charge in [-0.25, -0.2) is 4.98 Å². The number of hydrogen-bond acceptors (Lipinski definition) is 4. The molecule has 0 atom stereocenters. The molecular weight excluding hydrogens is 350 g/mol. The summed E-state index contributed by atoms with van der Waals surface area (Å²) in [5.74, 6) is 0.690. The zero-order valence-corrected chi connectivity index (χ0v) is 15.2. The zero-order chi connectivity index (χ0) is 18.5. The van der Waals surface area contributed by atoms with Crippen LogP contribution in [0.1, 0.15) is 15.9 Å². The van der Waals surface area contributed by atoms with E-state index in [4.69, 9.17) is 16.3 Å². The van der Waals surface area contributed by atoms with Crippen LogP contribution in [-0.4, -0.2) is 18.0 Å². The van der Waals surface area contributed by atoms with Crippen molar-refractivity contribution in [2.45, 2.75) is 6.92 Å². The first-order chi connectivity index (χ1) is 12.6. The van der Waals surface area contributed by atoms with Crippen molar-refractivity contribution in [3.05, 3.63) is 76.9 Å². The average molecular weight is 368 g/mol. The van der Waals surface area contributed by atoms with Gasteiger partial charge in [-0.05, 0) is 48.9 Å². The lowest BCUT2D eigenvalue weighted by Crippen LogP contribution is -2.14. The number of nitrogens with one attached hydrogen (secondary N) is 2. The Morgan fingerprint density at radius 1 is 1.08 bits per heavy atom. The molecule has 0 bridgehead atoms. The predicted molar refractivity (Wildman–Crippen MR) is 105 cm³/mol. The third-order valence-electron chi connectivity index (χ3n) is 3.90. The number of halogens is 1. The molecule has 0 spiro atoms. The monoisotopic (exact) mass is 367 g/mol. The van der Waals surface area contributed by atoms with Gasteiger partial charge in [-0.15, -0.1) is 0 Å². The van der Waals surface area contributed by atoms with Gasteiger partial charge in [-0.3, -0.25) is 4.79 Å². The molecule has 3 rings (SSSR count). The first-order valence-electron chi connectivity index (χ1n) is 8.01. The molecule has 26 heavy (non-hydrogen) atoms. The smallest absolute Gasteiger partial charge is 0.260 e. The van der Waals surface area contributed by atoms with Crippen LogP contribution in [0.3, 0.4) is 0 Å². The number of para-hydroxylation sites is 1. The minimum absolute atomic E-state index is 0.277. The molecule has 5 nitrogen and oxygen atoms in total. The number of rotatable bonds is 5. The van der Waals surface area contributed by atoms with E-state index in [0.717, 1.165) is 16.9 Å². The third kappa shape index (κ3) is 3.95. The van der Waals surface area contributed by atoms with Gasteiger partial charge in [-0.2, -0.15) is 0 Å². The molecule has 0 aliphatic rings. The number of anilines is 3. The van der Waals surface area contributed by atoms with Gasteiger partial charge in [-0.1, -0.05) is 29.8 Å². The number of carbonyl (C=O) groups is 1. The summed E-state index contributed by atoms with van der Waals surface area (Å²) in [7, 11) is 1.53. The number of carbonyl (C=O) groups excluding carboxylic acids is 1. The average Bonchev–Trinajstić information content (AvgIpc) is 2.67. The molecule has 0 fully saturated rings. The van der Waals surface area contributed by atoms with Crippen LogP contribution in [0.25, 0.3) is 0 Å². The Balaban J connectivity index is 1.71. The summed E-state index contributed by atoms with van der Waals surface area (Å²) < 4.78 is 5.21. The van der Waals surface area contributed by atoms with Crippen molar-refractivity contribution in [3.8, 4) is 5.75 Å². The topological polar surface area (TPSA) is 63.2 Å². The Bertz CT molecular complexity index is 927. The van der Waals surface area contributed by atoms with Crippen LogP contribution in [-0.2, 0) is 0 Å². The van der Waals surface area contributed by atoms with Gasteiger partial charge in [0.25, 0.3) is 5.91 Å². The second-order valence-corrected chi connectivity index (χ2v) is 6.03. The molecule has 0 saturated heterocycles. The van der Waals surface area contributed by atoms with Crippen LogP contribution in [0.4, 0.5) is 17.2 Å². The van der Waals surface area contributed by atoms with E-state index < -0.39 is 0 Å². The fourth-order valence-electron chi connectivity index (χ4n) is 2.46. The van der Waals surface area contributed by atoms with Crippen molar-refractivity contribution in [1.82, 2.24) is 4.98 Å². The van der Waals surface area contributed by atoms with Gasteiger partial charge in [0.2, 0.25) is 0 Å². The summed E-state index contributed by atoms with van der Waals surface area (Å²) in [5, 5.41) is 6.73. The van der Waals surface area contributed by atoms with Gasteiger partial charge in [0.15, 0.2) is 0 Å². The molecule has 1 amide bonds. The fourth-order valence-corrected chi connectivity index (χ4v) is 2.63. The van der Waals surface area contributed by atoms with Gasteiger partial charge >= 0.3 is 0 Å². The molecule has 1 aromatic heterocycles. The number of aromatic nitrogens is 1. The second-order valence-electron chi connectivity index (χ2n) is 5.62. The maximum absolute atomic E-state index is 12.4. The van der Waals surface area contributed by atoms with Crippen molar-refractivity contribution < 1.29 is 9.53 Å². The summed E-state index contributed by atoms with van der Waals surface area (Å²) in [6.45, 7) is 1.94. The van der Waals surface area contributed by atoms with Crippen LogP contribution in [0.5, 0.6) is 5.75 Å². The van der Waals surface area contributed by atoms with E-state index in [1.165, 1.54) is 7.11 Å². The summed E-state index contributed by atoms with van der Waals surface area (Å²) in [5.41, 5.74) is 3.12. The number of methoxy groups -OCH3 is 1. The number of benzene rings is 2. The first-order valence-corrected chi connectivity index (χ1v) is 8.39. The maximum atomic E-state index is 12.4. The van der Waals surface area contributed by atoms with Gasteiger partial charge < -0.3 is 15.4 Å². The molecule has 132 valence electrons. The predicted octanol–water partition coefficient (Wildman–Crippen LogP) is 5.05.